The Kier molecular flexibility index (Phi) is 6.30. The molecule has 0 atom stereocenters. The van der Waals surface area contributed by atoms with E-state index in [0.717, 1.165) is 37.5 Å². The Balaban J connectivity index is 1.63. The number of rotatable bonds is 6. The molecule has 1 fully saturated rings. The number of aromatic nitrogens is 2. The number of amides is 1. The molecule has 3 N–H and O–H groups in total. The highest BCUT2D eigenvalue weighted by Gasteiger charge is 2.22. The molecular formula is C20H28N6O2. The average Bonchev–Trinajstić information content (AvgIpc) is 2.72. The van der Waals surface area contributed by atoms with E-state index in [4.69, 9.17) is 10.5 Å². The van der Waals surface area contributed by atoms with Crippen LogP contribution in [0.1, 0.15) is 29.8 Å². The zero-order valence-electron chi connectivity index (χ0n) is 16.7. The lowest BCUT2D eigenvalue weighted by Crippen LogP contribution is -2.49. The largest absolute Gasteiger partial charge is 0.496 e. The van der Waals surface area contributed by atoms with E-state index in [-0.39, 0.29) is 17.3 Å². The SMILES string of the molecule is COc1ccccc1CNC(=O)c1cnc(N2CCN(C(C)C)CC2)nc1N. The van der Waals surface area contributed by atoms with Gasteiger partial charge in [-0.2, -0.15) is 4.98 Å². The summed E-state index contributed by atoms with van der Waals surface area (Å²) in [5.41, 5.74) is 7.22. The maximum atomic E-state index is 12.5. The molecule has 150 valence electrons. The molecule has 8 nitrogen and oxygen atoms in total. The number of carbonyl (C=O) groups is 1. The van der Waals surface area contributed by atoms with E-state index in [9.17, 15) is 4.79 Å². The minimum atomic E-state index is -0.306. The summed E-state index contributed by atoms with van der Waals surface area (Å²) in [6.07, 6.45) is 1.50. The highest BCUT2D eigenvalue weighted by molar-refractivity contribution is 5.98. The number of hydrogen-bond donors (Lipinski definition) is 2. The van der Waals surface area contributed by atoms with Crippen molar-refractivity contribution >= 4 is 17.7 Å². The monoisotopic (exact) mass is 384 g/mol. The zero-order valence-corrected chi connectivity index (χ0v) is 16.7. The van der Waals surface area contributed by atoms with Crippen molar-refractivity contribution in [2.45, 2.75) is 26.4 Å². The number of nitrogens with two attached hydrogens (primary N) is 1. The summed E-state index contributed by atoms with van der Waals surface area (Å²) in [6.45, 7) is 8.34. The number of para-hydroxylation sites is 1. The van der Waals surface area contributed by atoms with Crippen LogP contribution in [0.2, 0.25) is 0 Å². The number of piperazine rings is 1. The second-order valence-corrected chi connectivity index (χ2v) is 7.08. The van der Waals surface area contributed by atoms with E-state index >= 15 is 0 Å². The van der Waals surface area contributed by atoms with E-state index < -0.39 is 0 Å². The van der Waals surface area contributed by atoms with Gasteiger partial charge in [-0.25, -0.2) is 4.98 Å². The lowest BCUT2D eigenvalue weighted by atomic mass is 10.2. The first-order chi connectivity index (χ1) is 13.5. The van der Waals surface area contributed by atoms with Gasteiger partial charge in [-0.15, -0.1) is 0 Å². The first-order valence-corrected chi connectivity index (χ1v) is 9.51. The summed E-state index contributed by atoms with van der Waals surface area (Å²) >= 11 is 0. The number of nitrogens with zero attached hydrogens (tertiary/aromatic N) is 4. The van der Waals surface area contributed by atoms with Crippen LogP contribution in [0.3, 0.4) is 0 Å². The number of nitrogens with one attached hydrogen (secondary N) is 1. The number of benzene rings is 1. The Morgan fingerprint density at radius 1 is 1.25 bits per heavy atom. The van der Waals surface area contributed by atoms with Gasteiger partial charge in [0.15, 0.2) is 0 Å². The Hall–Kier alpha value is -2.87. The second kappa shape index (κ2) is 8.88. The van der Waals surface area contributed by atoms with Crippen LogP contribution in [0.15, 0.2) is 30.5 Å². The van der Waals surface area contributed by atoms with Gasteiger partial charge in [0, 0.05) is 50.5 Å². The molecule has 0 saturated carbocycles. The molecule has 1 amide bonds. The zero-order chi connectivity index (χ0) is 20.1. The topological polar surface area (TPSA) is 96.6 Å². The molecule has 1 aliphatic rings. The molecule has 0 radical (unpaired) electrons. The van der Waals surface area contributed by atoms with Gasteiger partial charge < -0.3 is 20.7 Å². The quantitative estimate of drug-likeness (QED) is 0.779. The van der Waals surface area contributed by atoms with Crippen LogP contribution < -0.4 is 20.7 Å². The minimum Gasteiger partial charge on any atom is -0.496 e. The predicted octanol–water partition coefficient (Wildman–Crippen LogP) is 1.53. The van der Waals surface area contributed by atoms with Gasteiger partial charge in [0.05, 0.1) is 12.7 Å². The number of nitrogen functional groups attached to an aromatic ring is 1. The van der Waals surface area contributed by atoms with Crippen molar-refractivity contribution in [2.24, 2.45) is 0 Å². The maximum Gasteiger partial charge on any atom is 0.256 e. The van der Waals surface area contributed by atoms with Crippen LogP contribution in [0, 0.1) is 0 Å². The summed E-state index contributed by atoms with van der Waals surface area (Å²) in [7, 11) is 1.60. The molecule has 0 unspecified atom stereocenters. The maximum absolute atomic E-state index is 12.5. The fourth-order valence-electron chi connectivity index (χ4n) is 3.27. The van der Waals surface area contributed by atoms with E-state index in [2.05, 4.69) is 38.9 Å². The van der Waals surface area contributed by atoms with Gasteiger partial charge in [-0.1, -0.05) is 18.2 Å². The lowest BCUT2D eigenvalue weighted by molar-refractivity contribution is 0.0951. The fraction of sp³-hybridized carbons (Fsp3) is 0.450. The van der Waals surface area contributed by atoms with Gasteiger partial charge in [-0.3, -0.25) is 9.69 Å². The predicted molar refractivity (Wildman–Crippen MR) is 110 cm³/mol. The summed E-state index contributed by atoms with van der Waals surface area (Å²) < 4.78 is 5.30. The number of ether oxygens (including phenoxy) is 1. The van der Waals surface area contributed by atoms with Crippen LogP contribution in [0.5, 0.6) is 5.75 Å². The van der Waals surface area contributed by atoms with Gasteiger partial charge in [-0.05, 0) is 19.9 Å². The van der Waals surface area contributed by atoms with E-state index in [1.807, 2.05) is 24.3 Å². The van der Waals surface area contributed by atoms with Crippen molar-refractivity contribution in [1.29, 1.82) is 0 Å². The van der Waals surface area contributed by atoms with Crippen molar-refractivity contribution < 1.29 is 9.53 Å². The molecular weight excluding hydrogens is 356 g/mol. The summed E-state index contributed by atoms with van der Waals surface area (Å²) in [4.78, 5) is 25.8. The molecule has 2 heterocycles. The molecule has 0 bridgehead atoms. The van der Waals surface area contributed by atoms with Gasteiger partial charge in [0.25, 0.3) is 5.91 Å². The Labute approximate surface area is 165 Å². The summed E-state index contributed by atoms with van der Waals surface area (Å²) in [6, 6.07) is 8.07. The van der Waals surface area contributed by atoms with Crippen LogP contribution in [0.25, 0.3) is 0 Å². The molecule has 1 aromatic carbocycles. The third kappa shape index (κ3) is 4.51. The average molecular weight is 384 g/mol. The van der Waals surface area contributed by atoms with E-state index in [1.54, 1.807) is 7.11 Å². The molecule has 0 spiro atoms. The van der Waals surface area contributed by atoms with Crippen LogP contribution in [-0.2, 0) is 6.54 Å². The van der Waals surface area contributed by atoms with E-state index in [1.165, 1.54) is 6.20 Å². The molecule has 1 aliphatic heterocycles. The smallest absolute Gasteiger partial charge is 0.256 e. The van der Waals surface area contributed by atoms with Crippen molar-refractivity contribution in [1.82, 2.24) is 20.2 Å². The molecule has 2 aromatic rings. The molecule has 0 aliphatic carbocycles. The number of anilines is 2. The van der Waals surface area contributed by atoms with Crippen molar-refractivity contribution in [3.8, 4) is 5.75 Å². The van der Waals surface area contributed by atoms with Crippen LogP contribution in [-0.4, -0.2) is 60.1 Å². The van der Waals surface area contributed by atoms with Crippen molar-refractivity contribution in [3.05, 3.63) is 41.6 Å². The minimum absolute atomic E-state index is 0.189. The van der Waals surface area contributed by atoms with Gasteiger partial charge in [0.2, 0.25) is 5.95 Å². The number of carbonyl (C=O) groups excluding carboxylic acids is 1. The lowest BCUT2D eigenvalue weighted by Gasteiger charge is -2.36. The Bertz CT molecular complexity index is 818. The molecule has 28 heavy (non-hydrogen) atoms. The normalized spacial score (nSPS) is 14.9. The van der Waals surface area contributed by atoms with Crippen LogP contribution >= 0.6 is 0 Å². The first-order valence-electron chi connectivity index (χ1n) is 9.51. The number of hydrogen-bond acceptors (Lipinski definition) is 7. The summed E-state index contributed by atoms with van der Waals surface area (Å²) in [5.74, 6) is 1.18. The fourth-order valence-corrected chi connectivity index (χ4v) is 3.27. The highest BCUT2D eigenvalue weighted by atomic mass is 16.5. The molecule has 1 aromatic heterocycles. The van der Waals surface area contributed by atoms with E-state index in [0.29, 0.717) is 18.5 Å². The highest BCUT2D eigenvalue weighted by Crippen LogP contribution is 2.19. The number of methoxy groups -OCH3 is 1. The third-order valence-electron chi connectivity index (χ3n) is 5.01. The Morgan fingerprint density at radius 2 is 1.96 bits per heavy atom. The molecule has 8 heteroatoms. The first kappa shape index (κ1) is 19.9. The second-order valence-electron chi connectivity index (χ2n) is 7.08. The molecule has 3 rings (SSSR count). The molecule has 1 saturated heterocycles. The standard InChI is InChI=1S/C20H28N6O2/c1-14(2)25-8-10-26(11-9-25)20-23-13-16(18(21)24-20)19(27)22-12-15-6-4-5-7-17(15)28-3/h4-7,13-14H,8-12H2,1-3H3,(H,22,27)(H2,21,23,24). The van der Waals surface area contributed by atoms with Crippen molar-refractivity contribution in [2.75, 3.05) is 43.9 Å². The Morgan fingerprint density at radius 3 is 2.61 bits per heavy atom. The summed E-state index contributed by atoms with van der Waals surface area (Å²) in [5, 5.41) is 2.85. The van der Waals surface area contributed by atoms with Crippen molar-refractivity contribution in [3.63, 3.8) is 0 Å². The van der Waals surface area contributed by atoms with Crippen LogP contribution in [0.4, 0.5) is 11.8 Å². The van der Waals surface area contributed by atoms with Gasteiger partial charge in [0.1, 0.15) is 11.6 Å². The third-order valence-corrected chi connectivity index (χ3v) is 5.01. The van der Waals surface area contributed by atoms with Gasteiger partial charge >= 0.3 is 0 Å².